The summed E-state index contributed by atoms with van der Waals surface area (Å²) in [7, 11) is 0. The van der Waals surface area contributed by atoms with Crippen molar-refractivity contribution in [3.8, 4) is 0 Å². The average molecular weight is 423 g/mol. The van der Waals surface area contributed by atoms with Gasteiger partial charge < -0.3 is 10.2 Å². The van der Waals surface area contributed by atoms with Crippen LogP contribution in [0.15, 0.2) is 91.1 Å². The van der Waals surface area contributed by atoms with Gasteiger partial charge in [0.1, 0.15) is 0 Å². The smallest absolute Gasteiger partial charge is 0.255 e. The zero-order valence-corrected chi connectivity index (χ0v) is 17.9. The first kappa shape index (κ1) is 20.2. The number of rotatable bonds is 5. The van der Waals surface area contributed by atoms with Gasteiger partial charge in [-0.3, -0.25) is 14.7 Å². The third kappa shape index (κ3) is 4.63. The maximum atomic E-state index is 12.7. The number of benzene rings is 3. The summed E-state index contributed by atoms with van der Waals surface area (Å²) in [5, 5.41) is 3.96. The summed E-state index contributed by atoms with van der Waals surface area (Å²) >= 11 is 0. The van der Waals surface area contributed by atoms with Gasteiger partial charge in [0.15, 0.2) is 0 Å². The molecule has 1 saturated heterocycles. The minimum atomic E-state index is -0.124. The summed E-state index contributed by atoms with van der Waals surface area (Å²) in [5.74, 6) is -0.124. The highest BCUT2D eigenvalue weighted by molar-refractivity contribution is 6.05. The molecule has 0 saturated carbocycles. The van der Waals surface area contributed by atoms with Gasteiger partial charge in [-0.05, 0) is 42.0 Å². The number of hydrogen-bond donors (Lipinski definition) is 1. The molecular formula is C27H26N4O. The number of nitrogens with one attached hydrogen (secondary N) is 1. The zero-order chi connectivity index (χ0) is 21.8. The zero-order valence-electron chi connectivity index (χ0n) is 17.9. The van der Waals surface area contributed by atoms with E-state index in [0.717, 1.165) is 49.3 Å². The van der Waals surface area contributed by atoms with E-state index in [4.69, 9.17) is 0 Å². The SMILES string of the molecule is O=C(Nc1cnc2ccccc2c1)c1ccc(N2CCN(Cc3ccccc3)CC2)cc1. The van der Waals surface area contributed by atoms with Crippen molar-refractivity contribution < 1.29 is 4.79 Å². The van der Waals surface area contributed by atoms with Gasteiger partial charge in [-0.15, -0.1) is 0 Å². The van der Waals surface area contributed by atoms with Crippen molar-refractivity contribution in [2.24, 2.45) is 0 Å². The Morgan fingerprint density at radius 2 is 1.56 bits per heavy atom. The fraction of sp³-hybridized carbons (Fsp3) is 0.185. The molecule has 160 valence electrons. The maximum Gasteiger partial charge on any atom is 0.255 e. The fourth-order valence-corrected chi connectivity index (χ4v) is 4.17. The van der Waals surface area contributed by atoms with Crippen molar-refractivity contribution in [1.29, 1.82) is 0 Å². The van der Waals surface area contributed by atoms with Crippen molar-refractivity contribution in [2.75, 3.05) is 36.4 Å². The van der Waals surface area contributed by atoms with Crippen LogP contribution in [0, 0.1) is 0 Å². The van der Waals surface area contributed by atoms with Crippen LogP contribution in [0.1, 0.15) is 15.9 Å². The molecule has 0 bridgehead atoms. The lowest BCUT2D eigenvalue weighted by molar-refractivity contribution is 0.102. The molecule has 1 N–H and O–H groups in total. The molecule has 5 nitrogen and oxygen atoms in total. The number of carbonyl (C=O) groups is 1. The number of pyridine rings is 1. The standard InChI is InChI=1S/C27H26N4O/c32-27(29-24-18-23-8-4-5-9-26(23)28-19-24)22-10-12-25(13-11-22)31-16-14-30(15-17-31)20-21-6-2-1-3-7-21/h1-13,18-19H,14-17,20H2,(H,29,32). The maximum absolute atomic E-state index is 12.7. The number of fused-ring (bicyclic) bond motifs is 1. The third-order valence-corrected chi connectivity index (χ3v) is 5.96. The molecule has 5 rings (SSSR count). The summed E-state index contributed by atoms with van der Waals surface area (Å²) < 4.78 is 0. The molecule has 0 unspecified atom stereocenters. The summed E-state index contributed by atoms with van der Waals surface area (Å²) in [6.45, 7) is 5.04. The molecule has 1 fully saturated rings. The van der Waals surface area contributed by atoms with Crippen molar-refractivity contribution in [3.63, 3.8) is 0 Å². The van der Waals surface area contributed by atoms with E-state index in [0.29, 0.717) is 11.3 Å². The van der Waals surface area contributed by atoms with Crippen LogP contribution in [-0.2, 0) is 6.54 Å². The van der Waals surface area contributed by atoms with Crippen molar-refractivity contribution >= 4 is 28.2 Å². The van der Waals surface area contributed by atoms with Gasteiger partial charge in [0, 0.05) is 49.4 Å². The van der Waals surface area contributed by atoms with E-state index in [9.17, 15) is 4.79 Å². The summed E-state index contributed by atoms with van der Waals surface area (Å²) in [4.78, 5) is 22.0. The lowest BCUT2D eigenvalue weighted by atomic mass is 10.1. The summed E-state index contributed by atoms with van der Waals surface area (Å²) in [5.41, 5.74) is 4.78. The van der Waals surface area contributed by atoms with Gasteiger partial charge in [0.25, 0.3) is 5.91 Å². The Balaban J connectivity index is 1.18. The minimum Gasteiger partial charge on any atom is -0.369 e. The Bertz CT molecular complexity index is 1200. The van der Waals surface area contributed by atoms with Gasteiger partial charge in [-0.25, -0.2) is 0 Å². The molecule has 1 aliphatic heterocycles. The van der Waals surface area contributed by atoms with Crippen LogP contribution in [0.25, 0.3) is 10.9 Å². The van der Waals surface area contributed by atoms with Gasteiger partial charge >= 0.3 is 0 Å². The van der Waals surface area contributed by atoms with E-state index in [1.807, 2.05) is 54.6 Å². The van der Waals surface area contributed by atoms with Crippen LogP contribution in [0.3, 0.4) is 0 Å². The second kappa shape index (κ2) is 9.20. The van der Waals surface area contributed by atoms with Gasteiger partial charge in [-0.1, -0.05) is 48.5 Å². The Kier molecular flexibility index (Phi) is 5.81. The van der Waals surface area contributed by atoms with E-state index in [1.54, 1.807) is 6.20 Å². The van der Waals surface area contributed by atoms with Gasteiger partial charge in [-0.2, -0.15) is 0 Å². The molecule has 3 aromatic carbocycles. The lowest BCUT2D eigenvalue weighted by Gasteiger charge is -2.36. The monoisotopic (exact) mass is 422 g/mol. The Morgan fingerprint density at radius 3 is 2.34 bits per heavy atom. The molecule has 0 atom stereocenters. The highest BCUT2D eigenvalue weighted by Gasteiger charge is 2.17. The molecule has 5 heteroatoms. The molecule has 1 aromatic heterocycles. The van der Waals surface area contributed by atoms with Crippen molar-refractivity contribution in [2.45, 2.75) is 6.54 Å². The van der Waals surface area contributed by atoms with Crippen molar-refractivity contribution in [3.05, 3.63) is 102 Å². The second-order valence-corrected chi connectivity index (χ2v) is 8.17. The van der Waals surface area contributed by atoms with Crippen LogP contribution in [-0.4, -0.2) is 42.0 Å². The molecule has 4 aromatic rings. The second-order valence-electron chi connectivity index (χ2n) is 8.17. The molecule has 0 spiro atoms. The fourth-order valence-electron chi connectivity index (χ4n) is 4.17. The van der Waals surface area contributed by atoms with E-state index in [1.165, 1.54) is 5.56 Å². The van der Waals surface area contributed by atoms with E-state index in [2.05, 4.69) is 50.4 Å². The molecular weight excluding hydrogens is 396 g/mol. The lowest BCUT2D eigenvalue weighted by Crippen LogP contribution is -2.45. The van der Waals surface area contributed by atoms with Gasteiger partial charge in [0.05, 0.1) is 17.4 Å². The van der Waals surface area contributed by atoms with Crippen LogP contribution in [0.2, 0.25) is 0 Å². The predicted octanol–water partition coefficient (Wildman–Crippen LogP) is 4.81. The van der Waals surface area contributed by atoms with E-state index < -0.39 is 0 Å². The highest BCUT2D eigenvalue weighted by atomic mass is 16.1. The highest BCUT2D eigenvalue weighted by Crippen LogP contribution is 2.20. The Labute approximate surface area is 188 Å². The predicted molar refractivity (Wildman–Crippen MR) is 130 cm³/mol. The first-order valence-corrected chi connectivity index (χ1v) is 11.0. The van der Waals surface area contributed by atoms with Gasteiger partial charge in [0.2, 0.25) is 0 Å². The minimum absolute atomic E-state index is 0.124. The Hall–Kier alpha value is -3.70. The summed E-state index contributed by atoms with van der Waals surface area (Å²) in [6, 6.07) is 28.3. The number of anilines is 2. The van der Waals surface area contributed by atoms with Crippen LogP contribution < -0.4 is 10.2 Å². The number of carbonyl (C=O) groups excluding carboxylic acids is 1. The van der Waals surface area contributed by atoms with Crippen LogP contribution >= 0.6 is 0 Å². The largest absolute Gasteiger partial charge is 0.369 e. The number of hydrogen-bond acceptors (Lipinski definition) is 4. The molecule has 0 aliphatic carbocycles. The Morgan fingerprint density at radius 1 is 0.844 bits per heavy atom. The number of aromatic nitrogens is 1. The number of nitrogens with zero attached hydrogens (tertiary/aromatic N) is 3. The van der Waals surface area contributed by atoms with E-state index >= 15 is 0 Å². The molecule has 1 amide bonds. The molecule has 0 radical (unpaired) electrons. The molecule has 1 aliphatic rings. The number of amides is 1. The normalized spacial score (nSPS) is 14.4. The first-order chi connectivity index (χ1) is 15.7. The van der Waals surface area contributed by atoms with Crippen LogP contribution in [0.5, 0.6) is 0 Å². The van der Waals surface area contributed by atoms with Crippen molar-refractivity contribution in [1.82, 2.24) is 9.88 Å². The summed E-state index contributed by atoms with van der Waals surface area (Å²) in [6.07, 6.45) is 1.70. The first-order valence-electron chi connectivity index (χ1n) is 11.0. The number of para-hydroxylation sites is 1. The van der Waals surface area contributed by atoms with E-state index in [-0.39, 0.29) is 5.91 Å². The quantitative estimate of drug-likeness (QED) is 0.501. The van der Waals surface area contributed by atoms with Crippen LogP contribution in [0.4, 0.5) is 11.4 Å². The third-order valence-electron chi connectivity index (χ3n) is 5.96. The molecule has 32 heavy (non-hydrogen) atoms. The topological polar surface area (TPSA) is 48.5 Å². The molecule has 2 heterocycles. The number of piperazine rings is 1. The average Bonchev–Trinajstić information content (AvgIpc) is 2.85.